The predicted octanol–water partition coefficient (Wildman–Crippen LogP) is 4.14. The first-order valence-electron chi connectivity index (χ1n) is 6.89. The average Bonchev–Trinajstić information content (AvgIpc) is 2.62. The summed E-state index contributed by atoms with van der Waals surface area (Å²) in [6, 6.07) is 7.87. The van der Waals surface area contributed by atoms with Crippen LogP contribution in [0.25, 0.3) is 5.69 Å². The van der Waals surface area contributed by atoms with Crippen molar-refractivity contribution in [2.24, 2.45) is 0 Å². The van der Waals surface area contributed by atoms with Crippen LogP contribution in [0.3, 0.4) is 0 Å². The fourth-order valence-electron chi connectivity index (χ4n) is 2.62. The number of anilines is 1. The Hall–Kier alpha value is -1.13. The summed E-state index contributed by atoms with van der Waals surface area (Å²) < 4.78 is 2.01. The molecule has 1 aromatic carbocycles. The largest absolute Gasteiger partial charge is 0.370 e. The van der Waals surface area contributed by atoms with Crippen molar-refractivity contribution in [3.63, 3.8) is 0 Å². The lowest BCUT2D eigenvalue weighted by Crippen LogP contribution is -2.07. The molecule has 0 saturated carbocycles. The molecule has 0 fully saturated rings. The van der Waals surface area contributed by atoms with Gasteiger partial charge in [-0.25, -0.2) is 4.68 Å². The van der Waals surface area contributed by atoms with Gasteiger partial charge in [0.2, 0.25) is 0 Å². The van der Waals surface area contributed by atoms with Crippen molar-refractivity contribution >= 4 is 29.2 Å². The first-order chi connectivity index (χ1) is 9.79. The Morgan fingerprint density at radius 1 is 1.40 bits per heavy atom. The van der Waals surface area contributed by atoms with Crippen LogP contribution in [0.15, 0.2) is 24.3 Å². The number of halogens is 1. The maximum Gasteiger partial charge on any atom is 0.133 e. The summed E-state index contributed by atoms with van der Waals surface area (Å²) in [4.78, 5) is 0. The summed E-state index contributed by atoms with van der Waals surface area (Å²) in [6.45, 7) is 1.01. The number of fused-ring (bicyclic) bond motifs is 1. The van der Waals surface area contributed by atoms with E-state index >= 15 is 0 Å². The van der Waals surface area contributed by atoms with E-state index in [9.17, 15) is 0 Å². The van der Waals surface area contributed by atoms with Crippen molar-refractivity contribution in [2.75, 3.05) is 18.1 Å². The zero-order valence-electron chi connectivity index (χ0n) is 11.5. The number of nitrogens with one attached hydrogen (secondary N) is 1. The minimum absolute atomic E-state index is 0.742. The van der Waals surface area contributed by atoms with Crippen LogP contribution in [0.2, 0.25) is 5.02 Å². The van der Waals surface area contributed by atoms with E-state index in [0.717, 1.165) is 35.2 Å². The van der Waals surface area contributed by atoms with Gasteiger partial charge in [0.1, 0.15) is 5.82 Å². The summed E-state index contributed by atoms with van der Waals surface area (Å²) in [5.41, 5.74) is 3.59. The number of nitrogens with zero attached hydrogens (tertiary/aromatic N) is 2. The molecule has 0 unspecified atom stereocenters. The van der Waals surface area contributed by atoms with Gasteiger partial charge >= 0.3 is 0 Å². The molecule has 1 N–H and O–H groups in total. The van der Waals surface area contributed by atoms with Gasteiger partial charge in [-0.2, -0.15) is 16.9 Å². The molecule has 2 aromatic rings. The molecule has 0 aliphatic carbocycles. The predicted molar refractivity (Wildman–Crippen MR) is 87.2 cm³/mol. The Bertz CT molecular complexity index is 609. The highest BCUT2D eigenvalue weighted by atomic mass is 35.5. The fourth-order valence-corrected chi connectivity index (χ4v) is 3.31. The minimum Gasteiger partial charge on any atom is -0.370 e. The van der Waals surface area contributed by atoms with Gasteiger partial charge in [-0.15, -0.1) is 0 Å². The normalized spacial score (nSPS) is 14.5. The third-order valence-corrected chi connectivity index (χ3v) is 4.34. The maximum absolute atomic E-state index is 6.11. The average molecular weight is 308 g/mol. The van der Waals surface area contributed by atoms with Gasteiger partial charge in [-0.1, -0.05) is 17.7 Å². The van der Waals surface area contributed by atoms with Crippen LogP contribution >= 0.6 is 23.4 Å². The van der Waals surface area contributed by atoms with Crippen molar-refractivity contribution < 1.29 is 0 Å². The molecule has 0 bridgehead atoms. The lowest BCUT2D eigenvalue weighted by atomic mass is 10.1. The molecular formula is C15H18ClN3S. The Labute approximate surface area is 128 Å². The van der Waals surface area contributed by atoms with E-state index < -0.39 is 0 Å². The number of hydrogen-bond acceptors (Lipinski definition) is 3. The maximum atomic E-state index is 6.11. The SMILES string of the molecule is CSCc1nn(-c2cccc(Cl)c2)c2c1CCCCN2. The van der Waals surface area contributed by atoms with Crippen molar-refractivity contribution in [3.8, 4) is 5.69 Å². The zero-order valence-corrected chi connectivity index (χ0v) is 13.1. The highest BCUT2D eigenvalue weighted by Crippen LogP contribution is 2.30. The number of thioether (sulfide) groups is 1. The van der Waals surface area contributed by atoms with Gasteiger partial charge in [0, 0.05) is 22.9 Å². The highest BCUT2D eigenvalue weighted by Gasteiger charge is 2.20. The van der Waals surface area contributed by atoms with Gasteiger partial charge in [-0.3, -0.25) is 0 Å². The molecule has 1 aromatic heterocycles. The number of benzene rings is 1. The summed E-state index contributed by atoms with van der Waals surface area (Å²) in [6.07, 6.45) is 5.67. The van der Waals surface area contributed by atoms with Crippen molar-refractivity contribution in [1.29, 1.82) is 0 Å². The molecule has 1 aliphatic rings. The molecule has 5 heteroatoms. The molecule has 0 atom stereocenters. The topological polar surface area (TPSA) is 29.9 Å². The van der Waals surface area contributed by atoms with Crippen LogP contribution in [-0.4, -0.2) is 22.6 Å². The summed E-state index contributed by atoms with van der Waals surface area (Å²) in [5, 5.41) is 9.09. The van der Waals surface area contributed by atoms with Crippen LogP contribution in [0, 0.1) is 0 Å². The van der Waals surface area contributed by atoms with Gasteiger partial charge < -0.3 is 5.32 Å². The van der Waals surface area contributed by atoms with Gasteiger partial charge in [0.05, 0.1) is 11.4 Å². The summed E-state index contributed by atoms with van der Waals surface area (Å²) in [5.74, 6) is 2.10. The van der Waals surface area contributed by atoms with E-state index in [0.29, 0.717) is 0 Å². The fraction of sp³-hybridized carbons (Fsp3) is 0.400. The Kier molecular flexibility index (Phi) is 4.22. The highest BCUT2D eigenvalue weighted by molar-refractivity contribution is 7.97. The molecular weight excluding hydrogens is 290 g/mol. The van der Waals surface area contributed by atoms with Gasteiger partial charge in [0.25, 0.3) is 0 Å². The van der Waals surface area contributed by atoms with Crippen LogP contribution in [0.4, 0.5) is 5.82 Å². The quantitative estimate of drug-likeness (QED) is 0.924. The minimum atomic E-state index is 0.742. The van der Waals surface area contributed by atoms with E-state index in [1.54, 1.807) is 0 Å². The number of hydrogen-bond donors (Lipinski definition) is 1. The Morgan fingerprint density at radius 3 is 3.10 bits per heavy atom. The molecule has 0 radical (unpaired) electrons. The lowest BCUT2D eigenvalue weighted by molar-refractivity contribution is 0.771. The number of aromatic nitrogens is 2. The Morgan fingerprint density at radius 2 is 2.30 bits per heavy atom. The summed E-state index contributed by atoms with van der Waals surface area (Å²) >= 11 is 7.93. The molecule has 0 amide bonds. The van der Waals surface area contributed by atoms with E-state index in [4.69, 9.17) is 16.7 Å². The molecule has 0 spiro atoms. The van der Waals surface area contributed by atoms with E-state index in [1.165, 1.54) is 24.1 Å². The van der Waals surface area contributed by atoms with Crippen molar-refractivity contribution in [3.05, 3.63) is 40.5 Å². The standard InChI is InChI=1S/C15H18ClN3S/c1-20-10-14-13-7-2-3-8-17-15(13)19(18-14)12-6-4-5-11(16)9-12/h4-6,9,17H,2-3,7-8,10H2,1H3. The first-order valence-corrected chi connectivity index (χ1v) is 8.66. The van der Waals surface area contributed by atoms with Crippen LogP contribution in [0.1, 0.15) is 24.1 Å². The molecule has 2 heterocycles. The third-order valence-electron chi connectivity index (χ3n) is 3.55. The van der Waals surface area contributed by atoms with Crippen molar-refractivity contribution in [2.45, 2.75) is 25.0 Å². The molecule has 106 valence electrons. The second kappa shape index (κ2) is 6.10. The molecule has 3 nitrogen and oxygen atoms in total. The second-order valence-corrected chi connectivity index (χ2v) is 6.28. The zero-order chi connectivity index (χ0) is 13.9. The summed E-state index contributed by atoms with van der Waals surface area (Å²) in [7, 11) is 0. The molecule has 3 rings (SSSR count). The van der Waals surface area contributed by atoms with Gasteiger partial charge in [0.15, 0.2) is 0 Å². The van der Waals surface area contributed by atoms with E-state index in [2.05, 4.69) is 17.6 Å². The van der Waals surface area contributed by atoms with E-state index in [-0.39, 0.29) is 0 Å². The molecule has 20 heavy (non-hydrogen) atoms. The molecule has 0 saturated heterocycles. The van der Waals surface area contributed by atoms with Crippen molar-refractivity contribution in [1.82, 2.24) is 9.78 Å². The first kappa shape index (κ1) is 13.8. The van der Waals surface area contributed by atoms with Gasteiger partial charge in [-0.05, 0) is 43.7 Å². The van der Waals surface area contributed by atoms with Crippen LogP contribution in [-0.2, 0) is 12.2 Å². The Balaban J connectivity index is 2.10. The lowest BCUT2D eigenvalue weighted by Gasteiger charge is -2.09. The number of rotatable bonds is 3. The van der Waals surface area contributed by atoms with Crippen LogP contribution in [0.5, 0.6) is 0 Å². The van der Waals surface area contributed by atoms with E-state index in [1.807, 2.05) is 34.6 Å². The smallest absolute Gasteiger partial charge is 0.133 e. The van der Waals surface area contributed by atoms with Crippen LogP contribution < -0.4 is 5.32 Å². The second-order valence-electron chi connectivity index (χ2n) is 4.98. The third kappa shape index (κ3) is 2.67. The molecule has 1 aliphatic heterocycles. The monoisotopic (exact) mass is 307 g/mol.